The van der Waals surface area contributed by atoms with Crippen LogP contribution in [-0.2, 0) is 4.74 Å². The Morgan fingerprint density at radius 3 is 2.50 bits per heavy atom. The highest BCUT2D eigenvalue weighted by atomic mass is 16.5. The SMILES string of the molecule is COC1CC(N2CCCN3CCCC3C2)C1(C)C. The summed E-state index contributed by atoms with van der Waals surface area (Å²) in [6.07, 6.45) is 5.87. The molecule has 2 aliphatic heterocycles. The van der Waals surface area contributed by atoms with Crippen molar-refractivity contribution in [2.24, 2.45) is 5.41 Å². The monoisotopic (exact) mass is 252 g/mol. The highest BCUT2D eigenvalue weighted by molar-refractivity contribution is 5.05. The van der Waals surface area contributed by atoms with Crippen LogP contribution in [0.5, 0.6) is 0 Å². The van der Waals surface area contributed by atoms with E-state index in [0.29, 0.717) is 11.5 Å². The summed E-state index contributed by atoms with van der Waals surface area (Å²) >= 11 is 0. The first-order valence-electron chi connectivity index (χ1n) is 7.64. The summed E-state index contributed by atoms with van der Waals surface area (Å²) in [5.41, 5.74) is 0.336. The van der Waals surface area contributed by atoms with E-state index in [4.69, 9.17) is 4.74 Å². The van der Waals surface area contributed by atoms with Crippen LogP contribution in [0.1, 0.15) is 39.5 Å². The molecular weight excluding hydrogens is 224 g/mol. The maximum atomic E-state index is 5.60. The van der Waals surface area contributed by atoms with Gasteiger partial charge in [-0.05, 0) is 45.3 Å². The molecule has 1 saturated carbocycles. The molecule has 3 rings (SSSR count). The molecular formula is C15H28N2O. The molecule has 1 aliphatic carbocycles. The zero-order valence-electron chi connectivity index (χ0n) is 12.2. The lowest BCUT2D eigenvalue weighted by molar-refractivity contribution is -0.138. The van der Waals surface area contributed by atoms with Crippen LogP contribution in [0.25, 0.3) is 0 Å². The third kappa shape index (κ3) is 2.00. The van der Waals surface area contributed by atoms with Crippen molar-refractivity contribution in [2.75, 3.05) is 33.3 Å². The summed E-state index contributed by atoms with van der Waals surface area (Å²) in [6.45, 7) is 10.0. The topological polar surface area (TPSA) is 15.7 Å². The Kier molecular flexibility index (Phi) is 3.41. The van der Waals surface area contributed by atoms with Crippen molar-refractivity contribution in [3.8, 4) is 0 Å². The van der Waals surface area contributed by atoms with E-state index in [2.05, 4.69) is 23.6 Å². The normalized spacial score (nSPS) is 41.2. The average Bonchev–Trinajstić information content (AvgIpc) is 2.67. The van der Waals surface area contributed by atoms with Gasteiger partial charge in [0, 0.05) is 31.2 Å². The number of hydrogen-bond donors (Lipinski definition) is 0. The smallest absolute Gasteiger partial charge is 0.0652 e. The number of nitrogens with zero attached hydrogens (tertiary/aromatic N) is 2. The largest absolute Gasteiger partial charge is 0.381 e. The lowest BCUT2D eigenvalue weighted by Crippen LogP contribution is -2.62. The summed E-state index contributed by atoms with van der Waals surface area (Å²) in [5, 5.41) is 0. The Hall–Kier alpha value is -0.120. The Balaban J connectivity index is 1.66. The van der Waals surface area contributed by atoms with Crippen LogP contribution in [0.3, 0.4) is 0 Å². The number of methoxy groups -OCH3 is 1. The molecule has 3 fully saturated rings. The predicted octanol–water partition coefficient (Wildman–Crippen LogP) is 1.97. The number of hydrogen-bond acceptors (Lipinski definition) is 3. The van der Waals surface area contributed by atoms with E-state index in [1.807, 2.05) is 7.11 Å². The standard InChI is InChI=1S/C15H28N2O/c1-15(2)13(10-14(15)18-3)17-9-5-8-16-7-4-6-12(16)11-17/h12-14H,4-11H2,1-3H3. The first-order chi connectivity index (χ1) is 8.63. The molecule has 3 aliphatic rings. The van der Waals surface area contributed by atoms with Crippen molar-refractivity contribution in [3.63, 3.8) is 0 Å². The zero-order valence-corrected chi connectivity index (χ0v) is 12.2. The molecule has 0 bridgehead atoms. The number of ether oxygens (including phenoxy) is 1. The third-order valence-corrected chi connectivity index (χ3v) is 5.69. The summed E-state index contributed by atoms with van der Waals surface area (Å²) < 4.78 is 5.60. The molecule has 0 aromatic rings. The van der Waals surface area contributed by atoms with Gasteiger partial charge in [0.15, 0.2) is 0 Å². The molecule has 0 aromatic carbocycles. The van der Waals surface area contributed by atoms with Crippen LogP contribution in [0.2, 0.25) is 0 Å². The second-order valence-corrected chi connectivity index (χ2v) is 6.98. The highest BCUT2D eigenvalue weighted by Gasteiger charge is 2.51. The van der Waals surface area contributed by atoms with Crippen molar-refractivity contribution < 1.29 is 4.74 Å². The van der Waals surface area contributed by atoms with Crippen molar-refractivity contribution in [1.29, 1.82) is 0 Å². The van der Waals surface area contributed by atoms with Crippen LogP contribution in [0.15, 0.2) is 0 Å². The minimum absolute atomic E-state index is 0.336. The van der Waals surface area contributed by atoms with Crippen LogP contribution >= 0.6 is 0 Å². The molecule has 3 heteroatoms. The van der Waals surface area contributed by atoms with E-state index in [0.717, 1.165) is 12.1 Å². The minimum Gasteiger partial charge on any atom is -0.381 e. The van der Waals surface area contributed by atoms with Gasteiger partial charge in [-0.25, -0.2) is 0 Å². The number of rotatable bonds is 2. The summed E-state index contributed by atoms with van der Waals surface area (Å²) in [5.74, 6) is 0. The van der Waals surface area contributed by atoms with Crippen molar-refractivity contribution in [2.45, 2.75) is 57.7 Å². The molecule has 2 saturated heterocycles. The number of fused-ring (bicyclic) bond motifs is 1. The van der Waals surface area contributed by atoms with Gasteiger partial charge in [0.05, 0.1) is 6.10 Å². The first-order valence-corrected chi connectivity index (χ1v) is 7.64. The van der Waals surface area contributed by atoms with Gasteiger partial charge in [-0.3, -0.25) is 9.80 Å². The lowest BCUT2D eigenvalue weighted by Gasteiger charge is -2.55. The second kappa shape index (κ2) is 4.77. The summed E-state index contributed by atoms with van der Waals surface area (Å²) in [7, 11) is 1.86. The van der Waals surface area contributed by atoms with Gasteiger partial charge in [-0.15, -0.1) is 0 Å². The van der Waals surface area contributed by atoms with Gasteiger partial charge in [0.25, 0.3) is 0 Å². The van der Waals surface area contributed by atoms with Gasteiger partial charge < -0.3 is 4.74 Å². The fraction of sp³-hybridized carbons (Fsp3) is 1.00. The molecule has 3 atom stereocenters. The van der Waals surface area contributed by atoms with Gasteiger partial charge in [-0.2, -0.15) is 0 Å². The fourth-order valence-corrected chi connectivity index (χ4v) is 4.40. The zero-order chi connectivity index (χ0) is 12.8. The molecule has 2 heterocycles. The Bertz CT molecular complexity index is 305. The minimum atomic E-state index is 0.336. The molecule has 18 heavy (non-hydrogen) atoms. The third-order valence-electron chi connectivity index (χ3n) is 5.69. The van der Waals surface area contributed by atoms with E-state index < -0.39 is 0 Å². The quantitative estimate of drug-likeness (QED) is 0.747. The first kappa shape index (κ1) is 12.9. The Morgan fingerprint density at radius 2 is 1.78 bits per heavy atom. The van der Waals surface area contributed by atoms with E-state index in [9.17, 15) is 0 Å². The molecule has 0 aromatic heterocycles. The van der Waals surface area contributed by atoms with Crippen molar-refractivity contribution >= 4 is 0 Å². The van der Waals surface area contributed by atoms with Gasteiger partial charge >= 0.3 is 0 Å². The van der Waals surface area contributed by atoms with E-state index in [1.54, 1.807) is 0 Å². The molecule has 0 radical (unpaired) electrons. The Labute approximate surface area is 111 Å². The average molecular weight is 252 g/mol. The van der Waals surface area contributed by atoms with E-state index >= 15 is 0 Å². The molecule has 0 N–H and O–H groups in total. The van der Waals surface area contributed by atoms with Crippen LogP contribution in [0.4, 0.5) is 0 Å². The molecule has 3 unspecified atom stereocenters. The van der Waals surface area contributed by atoms with Gasteiger partial charge in [0.1, 0.15) is 0 Å². The molecule has 0 amide bonds. The predicted molar refractivity (Wildman–Crippen MR) is 73.8 cm³/mol. The maximum absolute atomic E-state index is 5.60. The summed E-state index contributed by atoms with van der Waals surface area (Å²) in [4.78, 5) is 5.49. The molecule has 3 nitrogen and oxygen atoms in total. The van der Waals surface area contributed by atoms with Crippen molar-refractivity contribution in [3.05, 3.63) is 0 Å². The van der Waals surface area contributed by atoms with Crippen LogP contribution in [0, 0.1) is 5.41 Å². The van der Waals surface area contributed by atoms with Gasteiger partial charge in [0.2, 0.25) is 0 Å². The van der Waals surface area contributed by atoms with Gasteiger partial charge in [-0.1, -0.05) is 13.8 Å². The maximum Gasteiger partial charge on any atom is 0.0652 e. The van der Waals surface area contributed by atoms with E-state index in [1.165, 1.54) is 51.9 Å². The molecule has 0 spiro atoms. The second-order valence-electron chi connectivity index (χ2n) is 6.98. The fourth-order valence-electron chi connectivity index (χ4n) is 4.40. The lowest BCUT2D eigenvalue weighted by atomic mass is 9.63. The van der Waals surface area contributed by atoms with E-state index in [-0.39, 0.29) is 0 Å². The summed E-state index contributed by atoms with van der Waals surface area (Å²) in [6, 6.07) is 1.58. The van der Waals surface area contributed by atoms with Crippen LogP contribution in [-0.4, -0.2) is 61.3 Å². The van der Waals surface area contributed by atoms with Crippen molar-refractivity contribution in [1.82, 2.24) is 9.80 Å². The Morgan fingerprint density at radius 1 is 1.06 bits per heavy atom. The highest BCUT2D eigenvalue weighted by Crippen LogP contribution is 2.46. The van der Waals surface area contributed by atoms with Crippen LogP contribution < -0.4 is 0 Å². The molecule has 104 valence electrons.